The zero-order chi connectivity index (χ0) is 11.6. The molecule has 1 heterocycles. The van der Waals surface area contributed by atoms with Crippen LogP contribution in [0, 0.1) is 0 Å². The minimum Gasteiger partial charge on any atom is -0.399 e. The summed E-state index contributed by atoms with van der Waals surface area (Å²) in [5, 5.41) is 6.05. The summed E-state index contributed by atoms with van der Waals surface area (Å²) in [6.45, 7) is 0. The lowest BCUT2D eigenvalue weighted by molar-refractivity contribution is 0.475. The molecule has 0 radical (unpaired) electrons. The number of H-pyrrole nitrogens is 1. The smallest absolute Gasteiger partial charge is 0.340 e. The van der Waals surface area contributed by atoms with Crippen molar-refractivity contribution in [1.82, 2.24) is 10.2 Å². The zero-order valence-corrected chi connectivity index (χ0v) is 8.94. The minimum absolute atomic E-state index is 0.00294. The highest BCUT2D eigenvalue weighted by molar-refractivity contribution is 7.87. The van der Waals surface area contributed by atoms with Crippen molar-refractivity contribution < 1.29 is 12.6 Å². The van der Waals surface area contributed by atoms with E-state index in [1.807, 2.05) is 0 Å². The van der Waals surface area contributed by atoms with Crippen LogP contribution in [-0.2, 0) is 10.1 Å². The van der Waals surface area contributed by atoms with Gasteiger partial charge in [-0.25, -0.2) is 0 Å². The fourth-order valence-electron chi connectivity index (χ4n) is 1.09. The second-order valence-electron chi connectivity index (χ2n) is 3.02. The van der Waals surface area contributed by atoms with Gasteiger partial charge in [0, 0.05) is 18.0 Å². The van der Waals surface area contributed by atoms with Crippen molar-refractivity contribution in [2.75, 3.05) is 5.73 Å². The Hall–Kier alpha value is -2.02. The second-order valence-corrected chi connectivity index (χ2v) is 4.57. The van der Waals surface area contributed by atoms with Crippen LogP contribution in [0.5, 0.6) is 5.88 Å². The van der Waals surface area contributed by atoms with Crippen molar-refractivity contribution >= 4 is 15.8 Å². The van der Waals surface area contributed by atoms with E-state index in [0.29, 0.717) is 5.69 Å². The number of aromatic amines is 1. The van der Waals surface area contributed by atoms with Crippen molar-refractivity contribution in [1.29, 1.82) is 0 Å². The summed E-state index contributed by atoms with van der Waals surface area (Å²) in [5.41, 5.74) is 5.94. The van der Waals surface area contributed by atoms with Gasteiger partial charge in [0.2, 0.25) is 0 Å². The van der Waals surface area contributed by atoms with Gasteiger partial charge >= 0.3 is 10.1 Å². The molecule has 1 aromatic carbocycles. The van der Waals surface area contributed by atoms with Crippen LogP contribution in [0.4, 0.5) is 5.69 Å². The molecule has 0 unspecified atom stereocenters. The summed E-state index contributed by atoms with van der Waals surface area (Å²) >= 11 is 0. The van der Waals surface area contributed by atoms with Crippen LogP contribution >= 0.6 is 0 Å². The third-order valence-corrected chi connectivity index (χ3v) is 3.08. The number of benzene rings is 1. The van der Waals surface area contributed by atoms with E-state index in [2.05, 4.69) is 10.2 Å². The molecule has 0 bridgehead atoms. The molecule has 0 fully saturated rings. The monoisotopic (exact) mass is 239 g/mol. The number of aromatic nitrogens is 2. The molecule has 0 aliphatic heterocycles. The number of hydrogen-bond donors (Lipinski definition) is 2. The predicted octanol–water partition coefficient (Wildman–Crippen LogP) is 0.760. The number of nitrogens with one attached hydrogen (secondary N) is 1. The lowest BCUT2D eigenvalue weighted by atomic mass is 10.3. The topological polar surface area (TPSA) is 98.1 Å². The lowest BCUT2D eigenvalue weighted by Gasteiger charge is -2.03. The number of nitrogens with two attached hydrogens (primary N) is 1. The maximum absolute atomic E-state index is 11.7. The summed E-state index contributed by atoms with van der Waals surface area (Å²) < 4.78 is 28.1. The quantitative estimate of drug-likeness (QED) is 0.608. The van der Waals surface area contributed by atoms with Crippen LogP contribution in [0.25, 0.3) is 0 Å². The molecule has 2 rings (SSSR count). The minimum atomic E-state index is -3.84. The van der Waals surface area contributed by atoms with Gasteiger partial charge in [0.15, 0.2) is 0 Å². The molecule has 16 heavy (non-hydrogen) atoms. The molecular formula is C9H9N3O3S. The number of rotatable bonds is 3. The zero-order valence-electron chi connectivity index (χ0n) is 8.12. The van der Waals surface area contributed by atoms with Gasteiger partial charge in [-0.05, 0) is 24.3 Å². The number of anilines is 1. The van der Waals surface area contributed by atoms with Gasteiger partial charge in [-0.1, -0.05) is 0 Å². The molecule has 0 saturated carbocycles. The molecule has 0 amide bonds. The number of nitrogens with zero attached hydrogens (tertiary/aromatic N) is 1. The first-order valence-electron chi connectivity index (χ1n) is 4.38. The van der Waals surface area contributed by atoms with E-state index in [4.69, 9.17) is 9.92 Å². The average molecular weight is 239 g/mol. The van der Waals surface area contributed by atoms with Crippen molar-refractivity contribution in [3.63, 3.8) is 0 Å². The molecule has 1 aromatic heterocycles. The molecule has 0 saturated heterocycles. The maximum Gasteiger partial charge on any atom is 0.340 e. The van der Waals surface area contributed by atoms with E-state index >= 15 is 0 Å². The Balaban J connectivity index is 2.29. The summed E-state index contributed by atoms with van der Waals surface area (Å²) in [5.74, 6) is -0.00294. The van der Waals surface area contributed by atoms with Crippen LogP contribution in [0.3, 0.4) is 0 Å². The first kappa shape index (κ1) is 10.5. The van der Waals surface area contributed by atoms with Gasteiger partial charge in [0.25, 0.3) is 5.88 Å². The molecule has 3 N–H and O–H groups in total. The first-order chi connectivity index (χ1) is 7.58. The van der Waals surface area contributed by atoms with Crippen LogP contribution in [0.15, 0.2) is 41.4 Å². The van der Waals surface area contributed by atoms with E-state index in [-0.39, 0.29) is 10.8 Å². The third-order valence-electron chi connectivity index (χ3n) is 1.84. The van der Waals surface area contributed by atoms with Gasteiger partial charge in [0.05, 0.1) is 0 Å². The van der Waals surface area contributed by atoms with Crippen LogP contribution in [0.2, 0.25) is 0 Å². The highest BCUT2D eigenvalue weighted by Gasteiger charge is 2.17. The Morgan fingerprint density at radius 3 is 2.44 bits per heavy atom. The summed E-state index contributed by atoms with van der Waals surface area (Å²) in [6.07, 6.45) is 1.47. The van der Waals surface area contributed by atoms with Crippen molar-refractivity contribution in [3.8, 4) is 5.88 Å². The van der Waals surface area contributed by atoms with E-state index < -0.39 is 10.1 Å². The molecule has 6 nitrogen and oxygen atoms in total. The summed E-state index contributed by atoms with van der Waals surface area (Å²) in [7, 11) is -3.84. The van der Waals surface area contributed by atoms with Gasteiger partial charge in [-0.2, -0.15) is 8.42 Å². The lowest BCUT2D eigenvalue weighted by Crippen LogP contribution is -2.09. The van der Waals surface area contributed by atoms with Gasteiger partial charge < -0.3 is 9.92 Å². The maximum atomic E-state index is 11.7. The van der Waals surface area contributed by atoms with Crippen LogP contribution < -0.4 is 9.92 Å². The van der Waals surface area contributed by atoms with Crippen LogP contribution in [0.1, 0.15) is 0 Å². The number of hydrogen-bond acceptors (Lipinski definition) is 5. The molecule has 0 spiro atoms. The van der Waals surface area contributed by atoms with E-state index in [1.54, 1.807) is 0 Å². The number of nitrogen functional groups attached to an aromatic ring is 1. The molecule has 0 atom stereocenters. The Bertz CT molecular complexity index is 561. The van der Waals surface area contributed by atoms with Crippen molar-refractivity contribution in [2.45, 2.75) is 4.90 Å². The third kappa shape index (κ3) is 2.14. The Morgan fingerprint density at radius 1 is 1.19 bits per heavy atom. The highest BCUT2D eigenvalue weighted by Crippen LogP contribution is 2.16. The Kier molecular flexibility index (Phi) is 2.53. The molecule has 0 aliphatic carbocycles. The summed E-state index contributed by atoms with van der Waals surface area (Å²) in [6, 6.07) is 7.13. The van der Waals surface area contributed by atoms with Crippen LogP contribution in [-0.4, -0.2) is 18.6 Å². The second kappa shape index (κ2) is 3.86. The largest absolute Gasteiger partial charge is 0.399 e. The SMILES string of the molecule is Nc1ccc(S(=O)(=O)Oc2cc[nH]n2)cc1. The van der Waals surface area contributed by atoms with Crippen molar-refractivity contribution in [3.05, 3.63) is 36.5 Å². The molecule has 2 aromatic rings. The molecule has 7 heteroatoms. The van der Waals surface area contributed by atoms with E-state index in [1.165, 1.54) is 36.5 Å². The molecular weight excluding hydrogens is 230 g/mol. The fourth-order valence-corrected chi connectivity index (χ4v) is 1.97. The molecule has 0 aliphatic rings. The van der Waals surface area contributed by atoms with Gasteiger partial charge in [-0.3, -0.25) is 5.10 Å². The van der Waals surface area contributed by atoms with Gasteiger partial charge in [-0.15, -0.1) is 5.10 Å². The van der Waals surface area contributed by atoms with Gasteiger partial charge in [0.1, 0.15) is 4.90 Å². The summed E-state index contributed by atoms with van der Waals surface area (Å²) in [4.78, 5) is 0.0321. The normalized spacial score (nSPS) is 11.2. The highest BCUT2D eigenvalue weighted by atomic mass is 32.2. The average Bonchev–Trinajstić information content (AvgIpc) is 2.70. The van der Waals surface area contributed by atoms with E-state index in [0.717, 1.165) is 0 Å². The standard InChI is InChI=1S/C9H9N3O3S/c10-7-1-3-8(4-2-7)16(13,14)15-9-5-6-11-12-9/h1-6H,10H2,(H,11,12). The molecule has 84 valence electrons. The fraction of sp³-hybridized carbons (Fsp3) is 0. The Labute approximate surface area is 92.2 Å². The van der Waals surface area contributed by atoms with E-state index in [9.17, 15) is 8.42 Å². The Morgan fingerprint density at radius 2 is 1.88 bits per heavy atom. The van der Waals surface area contributed by atoms with Crippen molar-refractivity contribution in [2.24, 2.45) is 0 Å². The first-order valence-corrected chi connectivity index (χ1v) is 5.78. The predicted molar refractivity (Wildman–Crippen MR) is 57.3 cm³/mol.